The van der Waals surface area contributed by atoms with Gasteiger partial charge in [-0.1, -0.05) is 19.8 Å². The Bertz CT molecular complexity index is 95.2. The summed E-state index contributed by atoms with van der Waals surface area (Å²) in [6.07, 6.45) is 12.0. The molecule has 1 aliphatic rings. The van der Waals surface area contributed by atoms with Crippen LogP contribution in [0.15, 0.2) is 0 Å². The van der Waals surface area contributed by atoms with E-state index in [1.165, 1.54) is 50.7 Å². The summed E-state index contributed by atoms with van der Waals surface area (Å²) >= 11 is 2.13. The van der Waals surface area contributed by atoms with Crippen LogP contribution in [0.3, 0.4) is 0 Å². The highest BCUT2D eigenvalue weighted by molar-refractivity contribution is 8.02. The summed E-state index contributed by atoms with van der Waals surface area (Å²) in [5.41, 5.74) is 0. The maximum atomic E-state index is 2.43. The third-order valence-electron chi connectivity index (χ3n) is 2.31. The van der Waals surface area contributed by atoms with E-state index in [1.807, 2.05) is 0 Å². The van der Waals surface area contributed by atoms with Gasteiger partial charge >= 0.3 is 0 Å². The van der Waals surface area contributed by atoms with Gasteiger partial charge in [0.15, 0.2) is 0 Å². The topological polar surface area (TPSA) is 0 Å². The van der Waals surface area contributed by atoms with Crippen molar-refractivity contribution in [2.45, 2.75) is 51.9 Å². The number of rotatable bonds is 5. The molecule has 1 heteroatoms. The smallest absolute Gasteiger partial charge is 0.0306 e. The average molecular weight is 184 g/mol. The molecule has 0 bridgehead atoms. The minimum absolute atomic E-state index is 1.33. The van der Waals surface area contributed by atoms with Crippen molar-refractivity contribution in [1.82, 2.24) is 0 Å². The molecular formula is C11H20S. The Labute approximate surface area is 81.5 Å². The summed E-state index contributed by atoms with van der Waals surface area (Å²) < 4.78 is 0. The van der Waals surface area contributed by atoms with Gasteiger partial charge in [0, 0.05) is 5.25 Å². The van der Waals surface area contributed by atoms with Crippen molar-refractivity contribution < 1.29 is 0 Å². The maximum Gasteiger partial charge on any atom is 0.0306 e. The van der Waals surface area contributed by atoms with Crippen LogP contribution in [0.4, 0.5) is 0 Å². The fourth-order valence-electron chi connectivity index (χ4n) is 1.51. The third-order valence-corrected chi connectivity index (χ3v) is 3.62. The Morgan fingerprint density at radius 3 is 2.67 bits per heavy atom. The first kappa shape index (κ1) is 10.4. The molecule has 1 fully saturated rings. The Balaban J connectivity index is 1.91. The van der Waals surface area contributed by atoms with E-state index in [4.69, 9.17) is 0 Å². The Morgan fingerprint density at radius 2 is 2.00 bits per heavy atom. The minimum atomic E-state index is 1.33. The summed E-state index contributed by atoms with van der Waals surface area (Å²) in [6, 6.07) is 0. The van der Waals surface area contributed by atoms with Gasteiger partial charge in [0.1, 0.15) is 0 Å². The zero-order valence-corrected chi connectivity index (χ0v) is 8.96. The highest BCUT2D eigenvalue weighted by Crippen LogP contribution is 2.34. The average Bonchev–Trinajstić information content (AvgIpc) is 2.14. The summed E-state index contributed by atoms with van der Waals surface area (Å²) in [6.45, 7) is 2.27. The van der Waals surface area contributed by atoms with E-state index < -0.39 is 0 Å². The fraction of sp³-hybridized carbons (Fsp3) is 0.818. The third kappa shape index (κ3) is 4.39. The first-order chi connectivity index (χ1) is 5.93. The maximum absolute atomic E-state index is 2.43. The first-order valence-corrected chi connectivity index (χ1v) is 6.21. The van der Waals surface area contributed by atoms with Crippen molar-refractivity contribution in [3.05, 3.63) is 11.7 Å². The van der Waals surface area contributed by atoms with Crippen molar-refractivity contribution >= 4 is 11.8 Å². The van der Waals surface area contributed by atoms with Crippen LogP contribution in [0.1, 0.15) is 51.9 Å². The number of thioether (sulfide) groups is 1. The number of unbranched alkanes of at least 4 members (excludes halogenated alkanes) is 2. The molecule has 1 aliphatic carbocycles. The van der Waals surface area contributed by atoms with Gasteiger partial charge in [-0.15, -0.1) is 0 Å². The highest BCUT2D eigenvalue weighted by Gasteiger charge is 2.13. The van der Waals surface area contributed by atoms with E-state index in [0.717, 1.165) is 0 Å². The van der Waals surface area contributed by atoms with Crippen LogP contribution in [-0.4, -0.2) is 5.75 Å². The van der Waals surface area contributed by atoms with E-state index in [-0.39, 0.29) is 0 Å². The predicted octanol–water partition coefficient (Wildman–Crippen LogP) is 4.22. The van der Waals surface area contributed by atoms with Crippen LogP contribution in [-0.2, 0) is 0 Å². The van der Waals surface area contributed by atoms with Gasteiger partial charge in [0.2, 0.25) is 0 Å². The number of hydrogen-bond acceptors (Lipinski definition) is 1. The quantitative estimate of drug-likeness (QED) is 0.576. The minimum Gasteiger partial charge on any atom is -0.154 e. The molecule has 0 saturated heterocycles. The van der Waals surface area contributed by atoms with Crippen LogP contribution < -0.4 is 0 Å². The Hall–Kier alpha value is 0.350. The molecule has 0 heterocycles. The van der Waals surface area contributed by atoms with E-state index in [1.54, 1.807) is 5.25 Å². The summed E-state index contributed by atoms with van der Waals surface area (Å²) in [5, 5.41) is 1.76. The van der Waals surface area contributed by atoms with Crippen LogP contribution in [0.25, 0.3) is 0 Å². The van der Waals surface area contributed by atoms with Gasteiger partial charge in [-0.05, 0) is 44.3 Å². The monoisotopic (exact) mass is 184 g/mol. The van der Waals surface area contributed by atoms with Crippen LogP contribution in [0.2, 0.25) is 0 Å². The second kappa shape index (κ2) is 6.82. The molecule has 0 aromatic rings. The molecule has 0 amide bonds. The second-order valence-corrected chi connectivity index (χ2v) is 4.73. The molecule has 0 spiro atoms. The van der Waals surface area contributed by atoms with Crippen molar-refractivity contribution in [2.75, 3.05) is 5.75 Å². The molecule has 0 N–H and O–H groups in total. The molecular weight excluding hydrogens is 164 g/mol. The standard InChI is InChI=1S/C11H20S/c1-2-3-7-10-12-11-8-5-4-6-9-11/h4H,2-3,5-10H2,1H3. The molecule has 1 saturated carbocycles. The van der Waals surface area contributed by atoms with Crippen molar-refractivity contribution in [3.63, 3.8) is 0 Å². The SMILES string of the molecule is CCCCCS[C]1CC[CH]CC1. The lowest BCUT2D eigenvalue weighted by atomic mass is 10.0. The summed E-state index contributed by atoms with van der Waals surface area (Å²) in [4.78, 5) is 0. The van der Waals surface area contributed by atoms with Gasteiger partial charge in [0.05, 0.1) is 0 Å². The lowest BCUT2D eigenvalue weighted by Crippen LogP contribution is -2.01. The molecule has 1 rings (SSSR count). The van der Waals surface area contributed by atoms with Crippen LogP contribution in [0.5, 0.6) is 0 Å². The molecule has 0 aliphatic heterocycles. The second-order valence-electron chi connectivity index (χ2n) is 3.46. The summed E-state index contributed by atoms with van der Waals surface area (Å²) in [7, 11) is 0. The first-order valence-electron chi connectivity index (χ1n) is 5.22. The van der Waals surface area contributed by atoms with Gasteiger partial charge in [-0.2, -0.15) is 11.8 Å². The van der Waals surface area contributed by atoms with E-state index in [0.29, 0.717) is 0 Å². The van der Waals surface area contributed by atoms with Gasteiger partial charge in [-0.25, -0.2) is 0 Å². The van der Waals surface area contributed by atoms with Crippen molar-refractivity contribution in [1.29, 1.82) is 0 Å². The van der Waals surface area contributed by atoms with E-state index >= 15 is 0 Å². The Kier molecular flexibility index (Phi) is 5.93. The van der Waals surface area contributed by atoms with Gasteiger partial charge < -0.3 is 0 Å². The molecule has 0 aromatic carbocycles. The predicted molar refractivity (Wildman–Crippen MR) is 58.0 cm³/mol. The van der Waals surface area contributed by atoms with Crippen LogP contribution >= 0.6 is 11.8 Å². The Morgan fingerprint density at radius 1 is 1.25 bits per heavy atom. The zero-order valence-electron chi connectivity index (χ0n) is 8.14. The lowest BCUT2D eigenvalue weighted by Gasteiger charge is -2.19. The molecule has 2 radical (unpaired) electrons. The molecule has 70 valence electrons. The van der Waals surface area contributed by atoms with E-state index in [9.17, 15) is 0 Å². The van der Waals surface area contributed by atoms with Gasteiger partial charge in [-0.3, -0.25) is 0 Å². The normalized spacial score (nSPS) is 19.8. The van der Waals surface area contributed by atoms with Crippen molar-refractivity contribution in [3.8, 4) is 0 Å². The molecule has 0 atom stereocenters. The van der Waals surface area contributed by atoms with Crippen molar-refractivity contribution in [2.24, 2.45) is 0 Å². The van der Waals surface area contributed by atoms with Gasteiger partial charge in [0.25, 0.3) is 0 Å². The summed E-state index contributed by atoms with van der Waals surface area (Å²) in [5.74, 6) is 1.36. The van der Waals surface area contributed by atoms with E-state index in [2.05, 4.69) is 25.1 Å². The lowest BCUT2D eigenvalue weighted by molar-refractivity contribution is 0.691. The highest BCUT2D eigenvalue weighted by atomic mass is 32.2. The molecule has 0 unspecified atom stereocenters. The number of hydrogen-bond donors (Lipinski definition) is 0. The van der Waals surface area contributed by atoms with Crippen LogP contribution in [0, 0.1) is 11.7 Å². The molecule has 12 heavy (non-hydrogen) atoms. The zero-order chi connectivity index (χ0) is 8.65. The molecule has 0 nitrogen and oxygen atoms in total. The largest absolute Gasteiger partial charge is 0.154 e. The fourth-order valence-corrected chi connectivity index (χ4v) is 2.67. The molecule has 0 aromatic heterocycles.